The van der Waals surface area contributed by atoms with E-state index in [0.717, 1.165) is 4.35 Å². The summed E-state index contributed by atoms with van der Waals surface area (Å²) in [5, 5.41) is 0. The molecule has 0 aliphatic rings. The van der Waals surface area contributed by atoms with E-state index in [1.165, 1.54) is 5.56 Å². The van der Waals surface area contributed by atoms with Crippen molar-refractivity contribution >= 4 is 37.0 Å². The molecular weight excluding hydrogens is 230 g/mol. The Morgan fingerprint density at radius 1 is 1.10 bits per heavy atom. The third-order valence-electron chi connectivity index (χ3n) is 1.23. The van der Waals surface area contributed by atoms with Gasteiger partial charge in [-0.05, 0) is 0 Å². The minimum atomic E-state index is -1.67. The van der Waals surface area contributed by atoms with E-state index in [-0.39, 0.29) is 0 Å². The monoisotopic (exact) mass is 236 g/mol. The van der Waals surface area contributed by atoms with Gasteiger partial charge in [0.2, 0.25) is 0 Å². The Balaban J connectivity index is 2.89. The third kappa shape index (κ3) is 2.20. The van der Waals surface area contributed by atoms with Crippen molar-refractivity contribution in [2.45, 2.75) is 6.92 Å². The van der Waals surface area contributed by atoms with E-state index in [9.17, 15) is 0 Å². The van der Waals surface area contributed by atoms with E-state index < -0.39 is 12.8 Å². The Bertz CT molecular complexity index is 205. The number of hydrogen-bond acceptors (Lipinski definition) is 0. The molecule has 3 heteroatoms. The maximum atomic E-state index is 5.77. The predicted molar refractivity (Wildman–Crippen MR) is 48.3 cm³/mol. The molecule has 0 nitrogen and oxygen atoms in total. The van der Waals surface area contributed by atoms with Gasteiger partial charge in [0.1, 0.15) is 0 Å². The molecule has 1 aromatic carbocycles. The fourth-order valence-corrected chi connectivity index (χ4v) is 2.61. The molecule has 0 heterocycles. The normalized spacial score (nSPS) is 10.4. The maximum absolute atomic E-state index is 5.77. The summed E-state index contributed by atoms with van der Waals surface area (Å²) in [4.78, 5) is 0. The molecule has 10 heavy (non-hydrogen) atoms. The molecule has 0 unspecified atom stereocenters. The van der Waals surface area contributed by atoms with E-state index in [1.54, 1.807) is 0 Å². The van der Waals surface area contributed by atoms with Gasteiger partial charge in [-0.1, -0.05) is 0 Å². The summed E-state index contributed by atoms with van der Waals surface area (Å²) in [6.07, 6.45) is 0. The Hall–Kier alpha value is 0.358. The Morgan fingerprint density at radius 2 is 1.60 bits per heavy atom. The van der Waals surface area contributed by atoms with Gasteiger partial charge in [-0.2, -0.15) is 0 Å². The van der Waals surface area contributed by atoms with E-state index in [2.05, 4.69) is 0 Å². The average molecular weight is 237 g/mol. The quantitative estimate of drug-likeness (QED) is 0.656. The first-order chi connectivity index (χ1) is 4.70. The van der Waals surface area contributed by atoms with Crippen LogP contribution < -0.4 is 4.35 Å². The van der Waals surface area contributed by atoms with Crippen LogP contribution in [-0.2, 0) is 0 Å². The molecule has 0 aliphatic carbocycles. The number of hydrogen-bond donors (Lipinski definition) is 0. The molecule has 0 fully saturated rings. The van der Waals surface area contributed by atoms with Gasteiger partial charge < -0.3 is 0 Å². The second kappa shape index (κ2) is 3.66. The Kier molecular flexibility index (Phi) is 3.10. The second-order valence-electron chi connectivity index (χ2n) is 2.07. The van der Waals surface area contributed by atoms with Gasteiger partial charge in [-0.15, -0.1) is 0 Å². The van der Waals surface area contributed by atoms with E-state index >= 15 is 0 Å². The third-order valence-corrected chi connectivity index (χ3v) is 4.70. The number of aryl methyl sites for hydroxylation is 1. The van der Waals surface area contributed by atoms with E-state index in [1.807, 2.05) is 31.2 Å². The number of benzene rings is 1. The molecule has 1 rings (SSSR count). The van der Waals surface area contributed by atoms with Gasteiger partial charge in [-0.25, -0.2) is 0 Å². The molecule has 1 aromatic rings. The first-order valence-corrected chi connectivity index (χ1v) is 8.75. The zero-order chi connectivity index (χ0) is 7.56. The standard InChI is InChI=1S/C7H7AsCl2/c1-6-2-4-7(5-3-6)8(9)10/h2-5H,1H3. The SMILES string of the molecule is Cc1ccc([As](Cl)Cl)cc1. The molecule has 0 spiro atoms. The van der Waals surface area contributed by atoms with Crippen molar-refractivity contribution in [1.29, 1.82) is 0 Å². The van der Waals surface area contributed by atoms with E-state index in [4.69, 9.17) is 19.9 Å². The topological polar surface area (TPSA) is 0 Å². The van der Waals surface area contributed by atoms with Crippen molar-refractivity contribution in [1.82, 2.24) is 0 Å². The Labute approximate surface area is 73.7 Å². The van der Waals surface area contributed by atoms with Crippen molar-refractivity contribution in [2.75, 3.05) is 0 Å². The van der Waals surface area contributed by atoms with Gasteiger partial charge in [0.25, 0.3) is 0 Å². The summed E-state index contributed by atoms with van der Waals surface area (Å²) >= 11 is -1.67. The molecule has 0 aromatic heterocycles. The summed E-state index contributed by atoms with van der Waals surface area (Å²) in [5.41, 5.74) is 1.24. The first kappa shape index (κ1) is 8.45. The predicted octanol–water partition coefficient (Wildman–Crippen LogP) is 2.17. The molecular formula is C7H7AsCl2. The van der Waals surface area contributed by atoms with Crippen LogP contribution in [0.2, 0.25) is 0 Å². The van der Waals surface area contributed by atoms with Crippen molar-refractivity contribution in [3.63, 3.8) is 0 Å². The average Bonchev–Trinajstić information content (AvgIpc) is 1.88. The van der Waals surface area contributed by atoms with Crippen LogP contribution in [0.4, 0.5) is 0 Å². The van der Waals surface area contributed by atoms with Crippen LogP contribution in [0.5, 0.6) is 0 Å². The molecule has 0 atom stereocenters. The van der Waals surface area contributed by atoms with E-state index in [0.29, 0.717) is 0 Å². The van der Waals surface area contributed by atoms with Crippen LogP contribution in [0.3, 0.4) is 0 Å². The van der Waals surface area contributed by atoms with Crippen LogP contribution >= 0.6 is 19.9 Å². The van der Waals surface area contributed by atoms with Crippen molar-refractivity contribution in [2.24, 2.45) is 0 Å². The summed E-state index contributed by atoms with van der Waals surface area (Å²) in [7, 11) is 11.5. The zero-order valence-corrected chi connectivity index (χ0v) is 8.90. The van der Waals surface area contributed by atoms with Gasteiger partial charge in [-0.3, -0.25) is 0 Å². The zero-order valence-electron chi connectivity index (χ0n) is 5.51. The van der Waals surface area contributed by atoms with Crippen LogP contribution in [0.15, 0.2) is 24.3 Å². The van der Waals surface area contributed by atoms with Crippen LogP contribution in [0.25, 0.3) is 0 Å². The number of halogens is 2. The first-order valence-electron chi connectivity index (χ1n) is 2.88. The molecule has 54 valence electrons. The van der Waals surface area contributed by atoms with Gasteiger partial charge in [0.15, 0.2) is 0 Å². The molecule has 0 bridgehead atoms. The van der Waals surface area contributed by atoms with Gasteiger partial charge >= 0.3 is 73.8 Å². The van der Waals surface area contributed by atoms with Gasteiger partial charge in [0, 0.05) is 0 Å². The van der Waals surface area contributed by atoms with Crippen LogP contribution in [0, 0.1) is 6.92 Å². The van der Waals surface area contributed by atoms with Crippen molar-refractivity contribution in [3.05, 3.63) is 29.8 Å². The summed E-state index contributed by atoms with van der Waals surface area (Å²) in [5.74, 6) is 0. The second-order valence-corrected chi connectivity index (χ2v) is 8.54. The molecule has 0 saturated carbocycles. The summed E-state index contributed by atoms with van der Waals surface area (Å²) in [6, 6.07) is 8.05. The van der Waals surface area contributed by atoms with Crippen LogP contribution in [0.1, 0.15) is 5.56 Å². The molecule has 0 radical (unpaired) electrons. The van der Waals surface area contributed by atoms with Crippen molar-refractivity contribution in [3.8, 4) is 0 Å². The minimum absolute atomic E-state index is 1.10. The summed E-state index contributed by atoms with van der Waals surface area (Å²) < 4.78 is 1.10. The van der Waals surface area contributed by atoms with Gasteiger partial charge in [0.05, 0.1) is 0 Å². The molecule has 0 saturated heterocycles. The fraction of sp³-hybridized carbons (Fsp3) is 0.143. The molecule has 0 aliphatic heterocycles. The summed E-state index contributed by atoms with van der Waals surface area (Å²) in [6.45, 7) is 2.05. The number of rotatable bonds is 1. The Morgan fingerprint density at radius 3 is 2.00 bits per heavy atom. The van der Waals surface area contributed by atoms with Crippen LogP contribution in [-0.4, -0.2) is 12.8 Å². The fourth-order valence-electron chi connectivity index (χ4n) is 0.657. The molecule has 0 amide bonds. The molecule has 0 N–H and O–H groups in total. The van der Waals surface area contributed by atoms with Crippen molar-refractivity contribution < 1.29 is 0 Å².